The van der Waals surface area contributed by atoms with E-state index in [2.05, 4.69) is 20.8 Å². The molecule has 1 aromatic carbocycles. The fourth-order valence-corrected chi connectivity index (χ4v) is 1.74. The van der Waals surface area contributed by atoms with E-state index >= 15 is 0 Å². The molecule has 2 rings (SSSR count). The molecule has 0 amide bonds. The summed E-state index contributed by atoms with van der Waals surface area (Å²) in [7, 11) is 0. The van der Waals surface area contributed by atoms with Gasteiger partial charge in [0, 0.05) is 4.47 Å². The quantitative estimate of drug-likeness (QED) is 0.821. The van der Waals surface area contributed by atoms with Crippen molar-refractivity contribution >= 4 is 15.9 Å². The Kier molecular flexibility index (Phi) is 2.90. The summed E-state index contributed by atoms with van der Waals surface area (Å²) in [5, 5.41) is 0. The highest BCUT2D eigenvalue weighted by atomic mass is 79.9. The highest BCUT2D eigenvalue weighted by molar-refractivity contribution is 9.10. The van der Waals surface area contributed by atoms with E-state index in [1.165, 1.54) is 0 Å². The maximum atomic E-state index is 5.42. The first-order valence-corrected chi connectivity index (χ1v) is 5.00. The smallest absolute Gasteiger partial charge is 0.162 e. The Hall–Kier alpha value is -0.780. The summed E-state index contributed by atoms with van der Waals surface area (Å²) in [6, 6.07) is 3.73. The van der Waals surface area contributed by atoms with Crippen molar-refractivity contribution in [1.29, 1.82) is 0 Å². The molecule has 0 radical (unpaired) electrons. The molecule has 5 heteroatoms. The van der Waals surface area contributed by atoms with E-state index in [1.807, 2.05) is 12.1 Å². The Balaban J connectivity index is 2.35. The summed E-state index contributed by atoms with van der Waals surface area (Å²) in [5.41, 5.74) is 0.941. The molecular weight excluding hydrogens is 250 g/mol. The minimum atomic E-state index is 0.344. The Labute approximate surface area is 90.0 Å². The molecule has 1 heterocycles. The Morgan fingerprint density at radius 1 is 1.29 bits per heavy atom. The van der Waals surface area contributed by atoms with Crippen molar-refractivity contribution in [2.75, 3.05) is 13.2 Å². The van der Waals surface area contributed by atoms with Crippen LogP contribution in [-0.4, -0.2) is 13.2 Å². The molecule has 0 saturated carbocycles. The van der Waals surface area contributed by atoms with Crippen LogP contribution >= 0.6 is 15.9 Å². The molecule has 1 aromatic rings. The third-order valence-electron chi connectivity index (χ3n) is 1.95. The van der Waals surface area contributed by atoms with Gasteiger partial charge < -0.3 is 9.47 Å². The fourth-order valence-electron chi connectivity index (χ4n) is 1.31. The van der Waals surface area contributed by atoms with E-state index in [1.54, 1.807) is 0 Å². The van der Waals surface area contributed by atoms with Gasteiger partial charge in [-0.1, -0.05) is 15.9 Å². The lowest BCUT2D eigenvalue weighted by atomic mass is 10.2. The molecule has 0 atom stereocenters. The molecule has 0 bridgehead atoms. The number of fused-ring (bicyclic) bond motifs is 1. The molecule has 0 spiro atoms. The maximum absolute atomic E-state index is 5.42. The van der Waals surface area contributed by atoms with E-state index in [-0.39, 0.29) is 0 Å². The third kappa shape index (κ3) is 1.84. The van der Waals surface area contributed by atoms with Crippen molar-refractivity contribution in [2.45, 2.75) is 6.61 Å². The maximum Gasteiger partial charge on any atom is 0.162 e. The second kappa shape index (κ2) is 4.16. The van der Waals surface area contributed by atoms with Crippen molar-refractivity contribution < 1.29 is 14.3 Å². The van der Waals surface area contributed by atoms with Crippen molar-refractivity contribution in [3.05, 3.63) is 22.2 Å². The van der Waals surface area contributed by atoms with Crippen molar-refractivity contribution in [3.63, 3.8) is 0 Å². The lowest BCUT2D eigenvalue weighted by Crippen LogP contribution is -2.15. The van der Waals surface area contributed by atoms with Gasteiger partial charge >= 0.3 is 0 Å². The average molecular weight is 260 g/mol. The standard InChI is InChI=1S/C9H10BrNO3/c10-7-4-9-8(12-1-2-13-9)3-6(7)5-14-11/h3-4H,1-2,5,11H2. The SMILES string of the molecule is NOCc1cc2c(cc1Br)OCCO2. The number of hydrogen-bond donors (Lipinski definition) is 1. The van der Waals surface area contributed by atoms with E-state index < -0.39 is 0 Å². The molecule has 0 saturated heterocycles. The minimum Gasteiger partial charge on any atom is -0.486 e. The van der Waals surface area contributed by atoms with Crippen LogP contribution < -0.4 is 15.4 Å². The van der Waals surface area contributed by atoms with Crippen LogP contribution in [-0.2, 0) is 11.4 Å². The second-order valence-electron chi connectivity index (χ2n) is 2.90. The van der Waals surface area contributed by atoms with E-state index in [9.17, 15) is 0 Å². The summed E-state index contributed by atoms with van der Waals surface area (Å²) in [4.78, 5) is 4.57. The molecule has 1 aliphatic rings. The van der Waals surface area contributed by atoms with Gasteiger partial charge in [0.2, 0.25) is 0 Å². The van der Waals surface area contributed by atoms with E-state index in [4.69, 9.17) is 15.4 Å². The van der Waals surface area contributed by atoms with Gasteiger partial charge in [0.15, 0.2) is 11.5 Å². The Morgan fingerprint density at radius 3 is 2.57 bits per heavy atom. The number of hydrogen-bond acceptors (Lipinski definition) is 4. The largest absolute Gasteiger partial charge is 0.486 e. The van der Waals surface area contributed by atoms with Gasteiger partial charge in [-0.15, -0.1) is 0 Å². The first-order chi connectivity index (χ1) is 6.81. The zero-order chi connectivity index (χ0) is 9.97. The summed E-state index contributed by atoms with van der Waals surface area (Å²) in [6.45, 7) is 1.51. The molecule has 4 nitrogen and oxygen atoms in total. The van der Waals surface area contributed by atoms with Crippen molar-refractivity contribution in [2.24, 2.45) is 5.90 Å². The molecule has 14 heavy (non-hydrogen) atoms. The van der Waals surface area contributed by atoms with Crippen LogP contribution in [0.15, 0.2) is 16.6 Å². The summed E-state index contributed by atoms with van der Waals surface area (Å²) in [6.07, 6.45) is 0. The van der Waals surface area contributed by atoms with Crippen LogP contribution in [0.1, 0.15) is 5.56 Å². The predicted molar refractivity (Wildman–Crippen MR) is 54.1 cm³/mol. The monoisotopic (exact) mass is 259 g/mol. The van der Waals surface area contributed by atoms with E-state index in [0.29, 0.717) is 19.8 Å². The highest BCUT2D eigenvalue weighted by Crippen LogP contribution is 2.35. The van der Waals surface area contributed by atoms with Crippen molar-refractivity contribution in [3.8, 4) is 11.5 Å². The zero-order valence-corrected chi connectivity index (χ0v) is 9.04. The van der Waals surface area contributed by atoms with Crippen LogP contribution in [0.25, 0.3) is 0 Å². The molecule has 0 unspecified atom stereocenters. The van der Waals surface area contributed by atoms with Gasteiger partial charge in [-0.2, -0.15) is 0 Å². The highest BCUT2D eigenvalue weighted by Gasteiger charge is 2.14. The number of rotatable bonds is 2. The van der Waals surface area contributed by atoms with Crippen molar-refractivity contribution in [1.82, 2.24) is 0 Å². The number of benzene rings is 1. The first-order valence-electron chi connectivity index (χ1n) is 4.21. The molecule has 0 fully saturated rings. The molecule has 0 aromatic heterocycles. The zero-order valence-electron chi connectivity index (χ0n) is 7.46. The molecule has 76 valence electrons. The number of ether oxygens (including phenoxy) is 2. The Bertz CT molecular complexity index is 343. The van der Waals surface area contributed by atoms with Crippen LogP contribution in [0.4, 0.5) is 0 Å². The molecule has 2 N–H and O–H groups in total. The summed E-state index contributed by atoms with van der Waals surface area (Å²) < 4.78 is 11.7. The molecule has 1 aliphatic heterocycles. The van der Waals surface area contributed by atoms with Crippen LogP contribution in [0.3, 0.4) is 0 Å². The van der Waals surface area contributed by atoms with Crippen LogP contribution in [0.5, 0.6) is 11.5 Å². The summed E-state index contributed by atoms with van der Waals surface area (Å²) in [5.74, 6) is 6.51. The molecular formula is C9H10BrNO3. The van der Waals surface area contributed by atoms with Crippen LogP contribution in [0.2, 0.25) is 0 Å². The summed E-state index contributed by atoms with van der Waals surface area (Å²) >= 11 is 3.41. The van der Waals surface area contributed by atoms with Crippen LogP contribution in [0, 0.1) is 0 Å². The van der Waals surface area contributed by atoms with Gasteiger partial charge in [0.1, 0.15) is 13.2 Å². The van der Waals surface area contributed by atoms with Gasteiger partial charge in [-0.3, -0.25) is 4.84 Å². The predicted octanol–water partition coefficient (Wildman–Crippen LogP) is 1.61. The number of halogens is 1. The van der Waals surface area contributed by atoms with E-state index in [0.717, 1.165) is 21.5 Å². The fraction of sp³-hybridized carbons (Fsp3) is 0.333. The van der Waals surface area contributed by atoms with Gasteiger partial charge in [-0.25, -0.2) is 5.90 Å². The Morgan fingerprint density at radius 2 is 1.93 bits per heavy atom. The topological polar surface area (TPSA) is 53.7 Å². The van der Waals surface area contributed by atoms with Gasteiger partial charge in [-0.05, 0) is 17.7 Å². The first kappa shape index (κ1) is 9.76. The molecule has 0 aliphatic carbocycles. The normalized spacial score (nSPS) is 14.1. The second-order valence-corrected chi connectivity index (χ2v) is 3.75. The third-order valence-corrected chi connectivity index (χ3v) is 2.69. The lowest BCUT2D eigenvalue weighted by Gasteiger charge is -2.19. The lowest BCUT2D eigenvalue weighted by molar-refractivity contribution is 0.122. The van der Waals surface area contributed by atoms with Gasteiger partial charge in [0.25, 0.3) is 0 Å². The average Bonchev–Trinajstić information content (AvgIpc) is 2.19. The van der Waals surface area contributed by atoms with Gasteiger partial charge in [0.05, 0.1) is 6.61 Å². The minimum absolute atomic E-state index is 0.344. The number of nitrogens with two attached hydrogens (primary N) is 1.